The maximum atomic E-state index is 6.36. The summed E-state index contributed by atoms with van der Waals surface area (Å²) in [6.45, 7) is 0. The van der Waals surface area contributed by atoms with Gasteiger partial charge in [-0.1, -0.05) is 297 Å². The molecule has 9 nitrogen and oxygen atoms in total. The number of hydrogen-bond donors (Lipinski definition) is 0. The summed E-state index contributed by atoms with van der Waals surface area (Å²) >= 11 is 0. The third-order valence-corrected chi connectivity index (χ3v) is 29.4. The highest BCUT2D eigenvalue weighted by molar-refractivity contribution is 6.24. The number of para-hydroxylation sites is 15. The average molecular weight is 1800 g/mol. The van der Waals surface area contributed by atoms with Crippen LogP contribution in [0.2, 0.25) is 0 Å². The Bertz CT molecular complexity index is 10400. The maximum Gasteiger partial charge on any atom is 0.143 e. The van der Waals surface area contributed by atoms with Crippen LogP contribution in [0.4, 0.5) is 0 Å². The second-order valence-corrected chi connectivity index (χ2v) is 37.0. The normalized spacial score (nSPS) is 12.0. The Hall–Kier alpha value is -19.0. The zero-order valence-corrected chi connectivity index (χ0v) is 76.5. The fourth-order valence-corrected chi connectivity index (χ4v) is 23.2. The van der Waals surface area contributed by atoms with Gasteiger partial charge >= 0.3 is 0 Å². The van der Waals surface area contributed by atoms with E-state index in [1.165, 1.54) is 197 Å². The molecule has 141 heavy (non-hydrogen) atoms. The van der Waals surface area contributed by atoms with E-state index in [1.54, 1.807) is 0 Å². The molecule has 0 radical (unpaired) electrons. The molecule has 0 aliphatic rings. The molecule has 0 atom stereocenters. The van der Waals surface area contributed by atoms with E-state index in [9.17, 15) is 0 Å². The first-order chi connectivity index (χ1) is 70.0. The minimum Gasteiger partial charge on any atom is -0.455 e. The lowest BCUT2D eigenvalue weighted by molar-refractivity contribution is 0.670. The second-order valence-electron chi connectivity index (χ2n) is 37.0. The smallest absolute Gasteiger partial charge is 0.143 e. The van der Waals surface area contributed by atoms with Crippen molar-refractivity contribution >= 4 is 196 Å². The third kappa shape index (κ3) is 12.4. The van der Waals surface area contributed by atoms with Crippen molar-refractivity contribution < 1.29 is 4.42 Å². The van der Waals surface area contributed by atoms with Gasteiger partial charge in [0, 0.05) is 148 Å². The van der Waals surface area contributed by atoms with E-state index in [0.717, 1.165) is 67.2 Å². The average Bonchev–Trinajstić information content (AvgIpc) is 1.56. The SMILES string of the molecule is c1ccc(-n2c3ccccc3c3cc(-c4ccc5c(c4)c4cc6c7ccccc7n(-c7ccccc7)c6cc4n5-c4ccccc4)ccc32)cc1.c1ccc(-n2c3ccccc3c3cc4c5ccccc5n(-c5ccc(-c6cccc7c6oc6ccccc67)cc5)c4cc32)cc1.c1ccc(-n2c3ccccc3c3cc4c5ccccc5n(-c5ccc(-n6c7ccccc7c7ccccc76)cc5)c4cc32)cc1. The first-order valence-electron chi connectivity index (χ1n) is 48.4. The van der Waals surface area contributed by atoms with Crippen LogP contribution in [-0.2, 0) is 0 Å². The molecule has 9 heteroatoms. The Morgan fingerprint density at radius 3 is 0.610 bits per heavy atom. The highest BCUT2D eigenvalue weighted by Crippen LogP contribution is 2.48. The molecule has 0 aliphatic carbocycles. The molecule has 0 unspecified atom stereocenters. The number of aromatic nitrogens is 8. The van der Waals surface area contributed by atoms with Crippen molar-refractivity contribution in [2.24, 2.45) is 0 Å². The molecule has 0 N–H and O–H groups in total. The predicted molar refractivity (Wildman–Crippen MR) is 592 cm³/mol. The van der Waals surface area contributed by atoms with Gasteiger partial charge in [0.25, 0.3) is 0 Å². The summed E-state index contributed by atoms with van der Waals surface area (Å²) in [5.41, 5.74) is 35.1. The fourth-order valence-electron chi connectivity index (χ4n) is 23.2. The molecule has 0 bridgehead atoms. The van der Waals surface area contributed by atoms with Gasteiger partial charge in [0.1, 0.15) is 11.2 Å². The summed E-state index contributed by atoms with van der Waals surface area (Å²) in [6, 6.07) is 184. The van der Waals surface area contributed by atoms with Crippen molar-refractivity contribution in [3.8, 4) is 67.8 Å². The standard InChI is InChI=1S/C48H31N3.C42H27N3.C42H26N2O/c1-4-14-34(15-5-1)49-43-22-12-10-20-37(43)39-28-32(24-26-45(39)49)33-25-27-46-40(29-33)42-30-41-38-21-11-13-23-44(38)50(35-16-6-2-7-17-35)47(41)31-48(42)51(46)36-18-8-3-9-19-36;1-2-12-28(13-3-1)44-39-20-10-6-16-33(39)35-26-36-34-17-7-11-21-40(34)45(42(36)27-41(35)44)30-24-22-29(23-25-30)43-37-18-8-4-14-31(37)32-15-5-9-19-38(32)43;1-2-11-28(12-3-1)43-37-18-7-4-13-31(37)35-25-36-32-14-5-8-19-38(32)44(40(36)26-39(35)43)29-23-21-27(22-24-29)30-16-10-17-34-33-15-6-9-20-41(33)45-42(30)34/h1-31H;1-27H;1-26H. The number of hydrogen-bond acceptors (Lipinski definition) is 1. The summed E-state index contributed by atoms with van der Waals surface area (Å²) in [4.78, 5) is 0. The summed E-state index contributed by atoms with van der Waals surface area (Å²) in [6.07, 6.45) is 0. The number of rotatable bonds is 10. The number of fused-ring (bicyclic) bond motifs is 27. The van der Waals surface area contributed by atoms with Gasteiger partial charge in [0.2, 0.25) is 0 Å². The van der Waals surface area contributed by atoms with E-state index < -0.39 is 0 Å². The quantitative estimate of drug-likeness (QED) is 0.135. The van der Waals surface area contributed by atoms with Crippen molar-refractivity contribution in [1.29, 1.82) is 0 Å². The van der Waals surface area contributed by atoms with Crippen molar-refractivity contribution in [2.75, 3.05) is 0 Å². The lowest BCUT2D eigenvalue weighted by Crippen LogP contribution is -1.97. The first-order valence-corrected chi connectivity index (χ1v) is 48.4. The van der Waals surface area contributed by atoms with Crippen LogP contribution in [0.15, 0.2) is 514 Å². The highest BCUT2D eigenvalue weighted by Gasteiger charge is 2.26. The molecule has 0 saturated carbocycles. The molecule has 9 heterocycles. The molecular weight excluding hydrogens is 1710 g/mol. The van der Waals surface area contributed by atoms with Crippen LogP contribution in [-0.4, -0.2) is 36.5 Å². The summed E-state index contributed by atoms with van der Waals surface area (Å²) in [5.74, 6) is 0. The second kappa shape index (κ2) is 31.8. The molecule has 31 rings (SSSR count). The zero-order valence-electron chi connectivity index (χ0n) is 76.5. The van der Waals surface area contributed by atoms with Gasteiger partial charge in [0.05, 0.1) is 88.3 Å². The van der Waals surface area contributed by atoms with Gasteiger partial charge in [-0.2, -0.15) is 0 Å². The van der Waals surface area contributed by atoms with Gasteiger partial charge in [-0.15, -0.1) is 0 Å². The van der Waals surface area contributed by atoms with Crippen LogP contribution >= 0.6 is 0 Å². The minimum absolute atomic E-state index is 0.918. The van der Waals surface area contributed by atoms with Crippen molar-refractivity contribution in [3.05, 3.63) is 510 Å². The Kier molecular flexibility index (Phi) is 17.9. The Morgan fingerprint density at radius 1 is 0.113 bits per heavy atom. The van der Waals surface area contributed by atoms with Crippen LogP contribution in [0.25, 0.3) is 264 Å². The van der Waals surface area contributed by atoms with Crippen LogP contribution in [0.3, 0.4) is 0 Å². The molecule has 0 aliphatic heterocycles. The molecule has 658 valence electrons. The van der Waals surface area contributed by atoms with Crippen molar-refractivity contribution in [2.45, 2.75) is 0 Å². The molecule has 0 amide bonds. The third-order valence-electron chi connectivity index (χ3n) is 29.4. The monoisotopic (exact) mass is 1800 g/mol. The molecule has 0 spiro atoms. The molecule has 22 aromatic carbocycles. The number of benzene rings is 22. The summed E-state index contributed by atoms with van der Waals surface area (Å²) in [5, 5.41) is 22.5. The van der Waals surface area contributed by atoms with E-state index in [-0.39, 0.29) is 0 Å². The molecular formula is C132H84N8O. The van der Waals surface area contributed by atoms with Crippen molar-refractivity contribution in [3.63, 3.8) is 0 Å². The Morgan fingerprint density at radius 2 is 0.312 bits per heavy atom. The lowest BCUT2D eigenvalue weighted by Gasteiger charge is -2.12. The zero-order chi connectivity index (χ0) is 92.4. The van der Waals surface area contributed by atoms with E-state index in [4.69, 9.17) is 4.42 Å². The van der Waals surface area contributed by atoms with Gasteiger partial charge < -0.3 is 41.0 Å². The van der Waals surface area contributed by atoms with Crippen molar-refractivity contribution in [1.82, 2.24) is 36.5 Å². The van der Waals surface area contributed by atoms with E-state index in [2.05, 4.69) is 534 Å². The molecule has 31 aromatic rings. The van der Waals surface area contributed by atoms with Crippen LogP contribution in [0, 0.1) is 0 Å². The maximum absolute atomic E-state index is 6.36. The number of furan rings is 1. The first kappa shape index (κ1) is 79.4. The van der Waals surface area contributed by atoms with Gasteiger partial charge in [-0.3, -0.25) is 0 Å². The van der Waals surface area contributed by atoms with Crippen LogP contribution in [0.1, 0.15) is 0 Å². The highest BCUT2D eigenvalue weighted by atomic mass is 16.3. The van der Waals surface area contributed by atoms with Crippen LogP contribution in [0.5, 0.6) is 0 Å². The largest absolute Gasteiger partial charge is 0.455 e. The van der Waals surface area contributed by atoms with Crippen LogP contribution < -0.4 is 0 Å². The van der Waals surface area contributed by atoms with E-state index >= 15 is 0 Å². The number of nitrogens with zero attached hydrogens (tertiary/aromatic N) is 8. The Labute approximate surface area is 809 Å². The topological polar surface area (TPSA) is 52.6 Å². The molecule has 0 saturated heterocycles. The predicted octanol–water partition coefficient (Wildman–Crippen LogP) is 35.1. The van der Waals surface area contributed by atoms with Gasteiger partial charge in [-0.25, -0.2) is 0 Å². The fraction of sp³-hybridized carbons (Fsp3) is 0. The lowest BCUT2D eigenvalue weighted by atomic mass is 10.00. The Balaban J connectivity index is 0.000000102. The summed E-state index contributed by atoms with van der Waals surface area (Å²) in [7, 11) is 0. The summed E-state index contributed by atoms with van der Waals surface area (Å²) < 4.78 is 25.6. The molecule has 9 aromatic heterocycles. The van der Waals surface area contributed by atoms with E-state index in [0.29, 0.717) is 0 Å². The van der Waals surface area contributed by atoms with Gasteiger partial charge in [0.15, 0.2) is 0 Å². The minimum atomic E-state index is 0.918. The van der Waals surface area contributed by atoms with E-state index in [1.807, 2.05) is 12.1 Å². The van der Waals surface area contributed by atoms with Gasteiger partial charge in [-0.05, 0) is 229 Å². The molecule has 0 fully saturated rings.